The van der Waals surface area contributed by atoms with Crippen LogP contribution in [0.5, 0.6) is 0 Å². The van der Waals surface area contributed by atoms with Crippen molar-refractivity contribution in [3.63, 3.8) is 0 Å². The van der Waals surface area contributed by atoms with Gasteiger partial charge in [0.15, 0.2) is 0 Å². The van der Waals surface area contributed by atoms with Crippen molar-refractivity contribution in [2.75, 3.05) is 16.5 Å². The van der Waals surface area contributed by atoms with Gasteiger partial charge in [-0.15, -0.1) is 0 Å². The second-order valence-corrected chi connectivity index (χ2v) is 13.2. The number of pyridine rings is 1. The van der Waals surface area contributed by atoms with Gasteiger partial charge in [0, 0.05) is 34.4 Å². The summed E-state index contributed by atoms with van der Waals surface area (Å²) < 4.78 is 8.36. The molecule has 0 saturated carbocycles. The van der Waals surface area contributed by atoms with Crippen molar-refractivity contribution in [3.8, 4) is 5.82 Å². The number of para-hydroxylation sites is 2. The molecule has 0 amide bonds. The molecule has 5 nitrogen and oxygen atoms in total. The van der Waals surface area contributed by atoms with Gasteiger partial charge in [0.1, 0.15) is 18.2 Å². The number of fused-ring (bicyclic) bond motifs is 4. The topological polar surface area (TPSA) is 37.4 Å². The third-order valence-corrected chi connectivity index (χ3v) is 10.2. The third kappa shape index (κ3) is 5.29. The molecule has 4 heterocycles. The molecule has 0 saturated heterocycles. The van der Waals surface area contributed by atoms with Crippen LogP contribution in [0.4, 0.5) is 22.9 Å². The summed E-state index contributed by atoms with van der Waals surface area (Å²) in [5.74, 6) is 1.74. The van der Waals surface area contributed by atoms with E-state index in [1.165, 1.54) is 16.3 Å². The lowest BCUT2D eigenvalue weighted by atomic mass is 9.85. The lowest BCUT2D eigenvalue weighted by Crippen LogP contribution is -2.24. The van der Waals surface area contributed by atoms with E-state index in [0.717, 1.165) is 67.6 Å². The second-order valence-electron chi connectivity index (χ2n) is 13.2. The van der Waals surface area contributed by atoms with Crippen LogP contribution in [0.25, 0.3) is 38.8 Å². The summed E-state index contributed by atoms with van der Waals surface area (Å²) >= 11 is 0. The van der Waals surface area contributed by atoms with E-state index in [1.54, 1.807) is 6.26 Å². The van der Waals surface area contributed by atoms with Gasteiger partial charge in [-0.1, -0.05) is 127 Å². The molecule has 6 aromatic carbocycles. The van der Waals surface area contributed by atoms with Gasteiger partial charge in [0.25, 0.3) is 0 Å². The SMILES string of the molecule is c1ccc(C(=C(c2cccc(N3CN(c4ccccc4)c4occc43)c2)c2ccc3c4ccccc4n(-c4ccccn4)c3c2)c2ccccc2)cc1. The first-order valence-electron chi connectivity index (χ1n) is 17.9. The monoisotopic (exact) mass is 682 g/mol. The molecule has 53 heavy (non-hydrogen) atoms. The van der Waals surface area contributed by atoms with Crippen molar-refractivity contribution in [2.45, 2.75) is 0 Å². The molecule has 0 radical (unpaired) electrons. The molecule has 10 rings (SSSR count). The number of benzene rings is 6. The van der Waals surface area contributed by atoms with E-state index in [2.05, 4.69) is 184 Å². The molecular weight excluding hydrogens is 649 g/mol. The van der Waals surface area contributed by atoms with Gasteiger partial charge >= 0.3 is 0 Å². The van der Waals surface area contributed by atoms with Crippen molar-refractivity contribution in [2.24, 2.45) is 0 Å². The van der Waals surface area contributed by atoms with Crippen LogP contribution in [0.2, 0.25) is 0 Å². The summed E-state index contributed by atoms with van der Waals surface area (Å²) in [5, 5.41) is 2.39. The summed E-state index contributed by atoms with van der Waals surface area (Å²) in [6.45, 7) is 0.641. The van der Waals surface area contributed by atoms with Gasteiger partial charge in [-0.3, -0.25) is 9.47 Å². The molecule has 1 aliphatic rings. The fourth-order valence-electron chi connectivity index (χ4n) is 7.82. The van der Waals surface area contributed by atoms with Crippen molar-refractivity contribution >= 4 is 55.9 Å². The molecule has 0 fully saturated rings. The Morgan fingerprint density at radius 3 is 1.85 bits per heavy atom. The lowest BCUT2D eigenvalue weighted by Gasteiger charge is -2.23. The smallest absolute Gasteiger partial charge is 0.225 e. The number of hydrogen-bond donors (Lipinski definition) is 0. The van der Waals surface area contributed by atoms with Crippen LogP contribution in [0, 0.1) is 0 Å². The van der Waals surface area contributed by atoms with Gasteiger partial charge in [-0.2, -0.15) is 0 Å². The fourth-order valence-corrected chi connectivity index (χ4v) is 7.82. The number of nitrogens with zero attached hydrogens (tertiary/aromatic N) is 4. The maximum atomic E-state index is 6.08. The van der Waals surface area contributed by atoms with Gasteiger partial charge < -0.3 is 9.32 Å². The Hall–Kier alpha value is -7.11. The van der Waals surface area contributed by atoms with Crippen LogP contribution in [0.15, 0.2) is 199 Å². The van der Waals surface area contributed by atoms with Gasteiger partial charge in [-0.25, -0.2) is 4.98 Å². The van der Waals surface area contributed by atoms with E-state index >= 15 is 0 Å². The maximum absolute atomic E-state index is 6.08. The number of hydrogen-bond acceptors (Lipinski definition) is 4. The zero-order valence-corrected chi connectivity index (χ0v) is 28.9. The molecule has 9 aromatic rings. The number of rotatable bonds is 7. The summed E-state index contributed by atoms with van der Waals surface area (Å²) in [6, 6.07) is 64.5. The van der Waals surface area contributed by atoms with Crippen molar-refractivity contribution in [3.05, 3.63) is 217 Å². The highest BCUT2D eigenvalue weighted by Gasteiger charge is 2.31. The third-order valence-electron chi connectivity index (χ3n) is 10.2. The standard InChI is InChI=1S/C48H34N4O/c1-4-15-34(16-5-1)46(35-17-6-2-7-18-35)47(37-26-27-41-40-23-10-11-24-42(40)52(44(41)32-37)45-25-12-13-29-49-45)36-19-14-22-39(31-36)50-33-51(38-20-8-3-9-21-38)48-43(50)28-30-53-48/h1-32H,33H2. The van der Waals surface area contributed by atoms with Gasteiger partial charge in [0.05, 0.1) is 17.3 Å². The van der Waals surface area contributed by atoms with Crippen molar-refractivity contribution in [1.29, 1.82) is 0 Å². The maximum Gasteiger partial charge on any atom is 0.225 e. The highest BCUT2D eigenvalue weighted by atomic mass is 16.3. The average molecular weight is 683 g/mol. The second kappa shape index (κ2) is 12.9. The Balaban J connectivity index is 1.22. The molecule has 1 aliphatic heterocycles. The van der Waals surface area contributed by atoms with Crippen molar-refractivity contribution < 1.29 is 4.42 Å². The van der Waals surface area contributed by atoms with Crippen LogP contribution in [0.1, 0.15) is 22.3 Å². The molecule has 0 unspecified atom stereocenters. The van der Waals surface area contributed by atoms with E-state index in [9.17, 15) is 0 Å². The van der Waals surface area contributed by atoms with Gasteiger partial charge in [-0.05, 0) is 81.9 Å². The van der Waals surface area contributed by atoms with E-state index in [1.807, 2.05) is 18.3 Å². The van der Waals surface area contributed by atoms with Crippen LogP contribution in [0.3, 0.4) is 0 Å². The van der Waals surface area contributed by atoms with Crippen molar-refractivity contribution in [1.82, 2.24) is 9.55 Å². The minimum atomic E-state index is 0.641. The summed E-state index contributed by atoms with van der Waals surface area (Å²) in [4.78, 5) is 9.37. The number of aromatic nitrogens is 2. The van der Waals surface area contributed by atoms with Gasteiger partial charge in [0.2, 0.25) is 5.88 Å². The Labute approximate surface area is 307 Å². The first kappa shape index (κ1) is 30.7. The van der Waals surface area contributed by atoms with Crippen LogP contribution in [-0.2, 0) is 0 Å². The minimum absolute atomic E-state index is 0.641. The Morgan fingerprint density at radius 1 is 0.472 bits per heavy atom. The fraction of sp³-hybridized carbons (Fsp3) is 0.0208. The van der Waals surface area contributed by atoms with Crippen LogP contribution >= 0.6 is 0 Å². The van der Waals surface area contributed by atoms with E-state index in [0.29, 0.717) is 6.67 Å². The Morgan fingerprint density at radius 2 is 1.09 bits per heavy atom. The predicted molar refractivity (Wildman–Crippen MR) is 217 cm³/mol. The predicted octanol–water partition coefficient (Wildman–Crippen LogP) is 12.0. The van der Waals surface area contributed by atoms with E-state index in [4.69, 9.17) is 9.40 Å². The highest BCUT2D eigenvalue weighted by molar-refractivity contribution is 6.12. The minimum Gasteiger partial charge on any atom is -0.446 e. The largest absolute Gasteiger partial charge is 0.446 e. The normalized spacial score (nSPS) is 12.4. The molecule has 252 valence electrons. The molecule has 0 spiro atoms. The summed E-state index contributed by atoms with van der Waals surface area (Å²) in [5.41, 5.74) is 12.3. The molecule has 0 aliphatic carbocycles. The molecule has 0 bridgehead atoms. The number of furan rings is 1. The van der Waals surface area contributed by atoms with E-state index < -0.39 is 0 Å². The number of anilines is 4. The molecular formula is C48H34N4O. The summed E-state index contributed by atoms with van der Waals surface area (Å²) in [6.07, 6.45) is 3.64. The molecule has 0 atom stereocenters. The molecule has 0 N–H and O–H groups in total. The van der Waals surface area contributed by atoms with Crippen LogP contribution in [-0.4, -0.2) is 16.2 Å². The molecule has 5 heteroatoms. The highest BCUT2D eigenvalue weighted by Crippen LogP contribution is 2.46. The Bertz CT molecular complexity index is 2710. The van der Waals surface area contributed by atoms with Crippen LogP contribution < -0.4 is 9.80 Å². The quantitative estimate of drug-likeness (QED) is 0.157. The van der Waals surface area contributed by atoms with E-state index in [-0.39, 0.29) is 0 Å². The zero-order valence-electron chi connectivity index (χ0n) is 28.9. The zero-order chi connectivity index (χ0) is 35.1. The lowest BCUT2D eigenvalue weighted by molar-refractivity contribution is 0.570. The average Bonchev–Trinajstić information content (AvgIpc) is 3.94. The first-order chi connectivity index (χ1) is 26.3. The first-order valence-corrected chi connectivity index (χ1v) is 17.9. The summed E-state index contributed by atoms with van der Waals surface area (Å²) in [7, 11) is 0. The Kier molecular flexibility index (Phi) is 7.47. The molecule has 3 aromatic heterocycles.